The molecule has 0 fully saturated rings. The molecule has 4 heteroatoms. The first-order valence-corrected chi connectivity index (χ1v) is 6.34. The third-order valence-corrected chi connectivity index (χ3v) is 3.05. The van der Waals surface area contributed by atoms with Crippen LogP contribution in [0, 0.1) is 0 Å². The maximum atomic E-state index is 4.44. The van der Waals surface area contributed by atoms with Crippen molar-refractivity contribution in [1.29, 1.82) is 0 Å². The predicted molar refractivity (Wildman–Crippen MR) is 76.9 cm³/mol. The molecular formula is C14H10BrN3. The Hall–Kier alpha value is -1.94. The lowest BCUT2D eigenvalue weighted by Gasteiger charge is -1.97. The maximum Gasteiger partial charge on any atom is 0.0914 e. The average Bonchev–Trinajstić information content (AvgIpc) is 2.80. The Kier molecular flexibility index (Phi) is 2.94. The van der Waals surface area contributed by atoms with Crippen molar-refractivity contribution in [2.24, 2.45) is 5.10 Å². The number of hydrogen-bond donors (Lipinski definition) is 0. The van der Waals surface area contributed by atoms with Crippen molar-refractivity contribution < 1.29 is 0 Å². The topological polar surface area (TPSA) is 30.2 Å². The zero-order chi connectivity index (χ0) is 12.4. The molecule has 18 heavy (non-hydrogen) atoms. The summed E-state index contributed by atoms with van der Waals surface area (Å²) in [5, 5.41) is 4.44. The van der Waals surface area contributed by atoms with Crippen LogP contribution in [-0.4, -0.2) is 15.9 Å². The standard InChI is InChI=1S/C14H10BrN3/c15-12-8-14-13(16-10-12)6-7-18(14)17-9-11-4-2-1-3-5-11/h1-10H. The van der Waals surface area contributed by atoms with Crippen molar-refractivity contribution in [2.45, 2.75) is 0 Å². The van der Waals surface area contributed by atoms with Gasteiger partial charge in [0.2, 0.25) is 0 Å². The predicted octanol–water partition coefficient (Wildman–Crippen LogP) is 3.68. The molecule has 0 saturated heterocycles. The van der Waals surface area contributed by atoms with Crippen molar-refractivity contribution in [1.82, 2.24) is 9.66 Å². The second-order valence-electron chi connectivity index (χ2n) is 3.87. The lowest BCUT2D eigenvalue weighted by atomic mass is 10.2. The fourth-order valence-corrected chi connectivity index (χ4v) is 2.06. The first-order chi connectivity index (χ1) is 8.83. The van der Waals surface area contributed by atoms with Crippen LogP contribution in [-0.2, 0) is 0 Å². The average molecular weight is 300 g/mol. The number of benzene rings is 1. The number of pyridine rings is 1. The van der Waals surface area contributed by atoms with Gasteiger partial charge in [-0.3, -0.25) is 4.98 Å². The Bertz CT molecular complexity index is 701. The van der Waals surface area contributed by atoms with Crippen LogP contribution in [0.5, 0.6) is 0 Å². The fourth-order valence-electron chi connectivity index (χ4n) is 1.74. The monoisotopic (exact) mass is 299 g/mol. The van der Waals surface area contributed by atoms with E-state index >= 15 is 0 Å². The van der Waals surface area contributed by atoms with Crippen LogP contribution in [0.15, 0.2) is 64.4 Å². The van der Waals surface area contributed by atoms with E-state index < -0.39 is 0 Å². The molecule has 0 unspecified atom stereocenters. The van der Waals surface area contributed by atoms with E-state index in [1.54, 1.807) is 6.20 Å². The van der Waals surface area contributed by atoms with E-state index in [2.05, 4.69) is 26.0 Å². The van der Waals surface area contributed by atoms with Crippen LogP contribution >= 0.6 is 15.9 Å². The molecule has 0 aliphatic carbocycles. The Morgan fingerprint density at radius 2 is 2.00 bits per heavy atom. The quantitative estimate of drug-likeness (QED) is 0.664. The van der Waals surface area contributed by atoms with Crippen LogP contribution in [0.3, 0.4) is 0 Å². The zero-order valence-electron chi connectivity index (χ0n) is 9.49. The summed E-state index contributed by atoms with van der Waals surface area (Å²) >= 11 is 3.42. The Morgan fingerprint density at radius 3 is 2.83 bits per heavy atom. The Labute approximate surface area is 113 Å². The van der Waals surface area contributed by atoms with E-state index in [1.807, 2.05) is 59.6 Å². The Morgan fingerprint density at radius 1 is 1.17 bits per heavy atom. The molecule has 0 spiro atoms. The van der Waals surface area contributed by atoms with E-state index in [-0.39, 0.29) is 0 Å². The van der Waals surface area contributed by atoms with Crippen LogP contribution in [0.4, 0.5) is 0 Å². The first-order valence-electron chi connectivity index (χ1n) is 5.55. The zero-order valence-corrected chi connectivity index (χ0v) is 11.1. The summed E-state index contributed by atoms with van der Waals surface area (Å²) in [6.07, 6.45) is 5.53. The van der Waals surface area contributed by atoms with Gasteiger partial charge in [0.15, 0.2) is 0 Å². The van der Waals surface area contributed by atoms with Gasteiger partial charge in [0.25, 0.3) is 0 Å². The molecule has 0 radical (unpaired) electrons. The van der Waals surface area contributed by atoms with Crippen LogP contribution in [0.1, 0.15) is 5.56 Å². The molecule has 3 nitrogen and oxygen atoms in total. The maximum absolute atomic E-state index is 4.44. The molecule has 0 N–H and O–H groups in total. The molecule has 0 amide bonds. The number of aromatic nitrogens is 2. The summed E-state index contributed by atoms with van der Waals surface area (Å²) in [6, 6.07) is 14.0. The molecule has 0 aliphatic heterocycles. The molecule has 0 aliphatic rings. The Balaban J connectivity index is 2.00. The second-order valence-corrected chi connectivity index (χ2v) is 4.79. The highest BCUT2D eigenvalue weighted by Crippen LogP contribution is 2.18. The van der Waals surface area contributed by atoms with Crippen LogP contribution in [0.2, 0.25) is 0 Å². The summed E-state index contributed by atoms with van der Waals surface area (Å²) in [5.74, 6) is 0. The number of fused-ring (bicyclic) bond motifs is 1. The molecule has 3 rings (SSSR count). The third-order valence-electron chi connectivity index (χ3n) is 2.62. The lowest BCUT2D eigenvalue weighted by Crippen LogP contribution is -1.89. The molecule has 1 aromatic carbocycles. The molecular weight excluding hydrogens is 290 g/mol. The first kappa shape index (κ1) is 11.2. The summed E-state index contributed by atoms with van der Waals surface area (Å²) < 4.78 is 2.77. The minimum atomic E-state index is 0.934. The molecule has 88 valence electrons. The van der Waals surface area contributed by atoms with E-state index in [0.717, 1.165) is 21.1 Å². The fraction of sp³-hybridized carbons (Fsp3) is 0. The smallest absolute Gasteiger partial charge is 0.0914 e. The molecule has 0 saturated carbocycles. The highest BCUT2D eigenvalue weighted by molar-refractivity contribution is 9.10. The number of hydrogen-bond acceptors (Lipinski definition) is 2. The largest absolute Gasteiger partial charge is 0.253 e. The number of nitrogens with zero attached hydrogens (tertiary/aromatic N) is 3. The van der Waals surface area contributed by atoms with Gasteiger partial charge in [-0.25, -0.2) is 4.68 Å². The second kappa shape index (κ2) is 4.74. The van der Waals surface area contributed by atoms with E-state index in [0.29, 0.717) is 0 Å². The van der Waals surface area contributed by atoms with Crippen molar-refractivity contribution >= 4 is 33.2 Å². The highest BCUT2D eigenvalue weighted by Gasteiger charge is 2.01. The van der Waals surface area contributed by atoms with Gasteiger partial charge in [-0.1, -0.05) is 30.3 Å². The molecule has 2 heterocycles. The number of rotatable bonds is 2. The van der Waals surface area contributed by atoms with E-state index in [9.17, 15) is 0 Å². The van der Waals surface area contributed by atoms with Gasteiger partial charge < -0.3 is 0 Å². The van der Waals surface area contributed by atoms with E-state index in [1.165, 1.54) is 0 Å². The van der Waals surface area contributed by atoms with Crippen molar-refractivity contribution in [3.63, 3.8) is 0 Å². The summed E-state index contributed by atoms with van der Waals surface area (Å²) in [6.45, 7) is 0. The SMILES string of the molecule is Brc1cnc2ccn(N=Cc3ccccc3)c2c1. The number of halogens is 1. The third kappa shape index (κ3) is 2.19. The molecule has 3 aromatic rings. The van der Waals surface area contributed by atoms with Crippen molar-refractivity contribution in [2.75, 3.05) is 0 Å². The molecule has 0 bridgehead atoms. The van der Waals surface area contributed by atoms with Gasteiger partial charge in [0.1, 0.15) is 0 Å². The van der Waals surface area contributed by atoms with E-state index in [4.69, 9.17) is 0 Å². The lowest BCUT2D eigenvalue weighted by molar-refractivity contribution is 0.932. The van der Waals surface area contributed by atoms with Gasteiger partial charge >= 0.3 is 0 Å². The van der Waals surface area contributed by atoms with Crippen molar-refractivity contribution in [3.8, 4) is 0 Å². The molecule has 0 atom stereocenters. The van der Waals surface area contributed by atoms with Gasteiger partial charge in [-0.2, -0.15) is 5.10 Å². The normalized spacial score (nSPS) is 11.4. The summed E-state index contributed by atoms with van der Waals surface area (Å²) in [7, 11) is 0. The summed E-state index contributed by atoms with van der Waals surface area (Å²) in [4.78, 5) is 4.31. The minimum absolute atomic E-state index is 0.934. The van der Waals surface area contributed by atoms with Gasteiger partial charge in [-0.15, -0.1) is 0 Å². The minimum Gasteiger partial charge on any atom is -0.253 e. The molecule has 2 aromatic heterocycles. The van der Waals surface area contributed by atoms with Gasteiger partial charge in [0, 0.05) is 16.9 Å². The van der Waals surface area contributed by atoms with Gasteiger partial charge in [0.05, 0.1) is 17.2 Å². The van der Waals surface area contributed by atoms with Crippen molar-refractivity contribution in [3.05, 3.63) is 64.9 Å². The van der Waals surface area contributed by atoms with Gasteiger partial charge in [-0.05, 0) is 33.6 Å². The van der Waals surface area contributed by atoms with Crippen LogP contribution in [0.25, 0.3) is 11.0 Å². The van der Waals surface area contributed by atoms with Crippen LogP contribution < -0.4 is 0 Å². The summed E-state index contributed by atoms with van der Waals surface area (Å²) in [5.41, 5.74) is 2.99. The highest BCUT2D eigenvalue weighted by atomic mass is 79.9.